The van der Waals surface area contributed by atoms with Crippen molar-refractivity contribution in [3.8, 4) is 17.2 Å². The van der Waals surface area contributed by atoms with Crippen molar-refractivity contribution in [1.82, 2.24) is 9.97 Å². The second-order valence-electron chi connectivity index (χ2n) is 5.62. The number of carbonyl (C=O) groups excluding carboxylic acids is 1. The molecule has 0 aliphatic carbocycles. The summed E-state index contributed by atoms with van der Waals surface area (Å²) in [6.45, 7) is 0. The average molecular weight is 380 g/mol. The number of aromatic nitrogens is 2. The minimum absolute atomic E-state index is 0.210. The molecule has 2 N–H and O–H groups in total. The van der Waals surface area contributed by atoms with E-state index in [0.29, 0.717) is 28.9 Å². The summed E-state index contributed by atoms with van der Waals surface area (Å²) in [5.41, 5.74) is 1.52. The van der Waals surface area contributed by atoms with Crippen molar-refractivity contribution in [2.75, 3.05) is 32.0 Å². The Balaban J connectivity index is 1.81. The number of rotatable bonds is 7. The number of anilines is 3. The lowest BCUT2D eigenvalue weighted by Gasteiger charge is -2.14. The first-order valence-corrected chi connectivity index (χ1v) is 8.41. The molecule has 0 aliphatic rings. The molecule has 0 fully saturated rings. The molecule has 0 saturated heterocycles. The van der Waals surface area contributed by atoms with Crippen LogP contribution in [0.25, 0.3) is 0 Å². The second-order valence-corrected chi connectivity index (χ2v) is 5.62. The molecule has 0 radical (unpaired) electrons. The summed E-state index contributed by atoms with van der Waals surface area (Å²) in [6, 6.07) is 14.3. The van der Waals surface area contributed by atoms with Crippen molar-refractivity contribution in [2.45, 2.75) is 0 Å². The van der Waals surface area contributed by atoms with Crippen LogP contribution < -0.4 is 24.8 Å². The number of ether oxygens (including phenoxy) is 3. The molecule has 8 nitrogen and oxygen atoms in total. The third kappa shape index (κ3) is 4.29. The van der Waals surface area contributed by atoms with Crippen LogP contribution in [0.1, 0.15) is 10.5 Å². The summed E-state index contributed by atoms with van der Waals surface area (Å²) >= 11 is 0. The summed E-state index contributed by atoms with van der Waals surface area (Å²) in [4.78, 5) is 21.0. The van der Waals surface area contributed by atoms with E-state index in [4.69, 9.17) is 14.2 Å². The molecular weight excluding hydrogens is 360 g/mol. The highest BCUT2D eigenvalue weighted by atomic mass is 16.5. The topological polar surface area (TPSA) is 94.6 Å². The Morgan fingerprint density at radius 1 is 0.893 bits per heavy atom. The lowest BCUT2D eigenvalue weighted by Crippen LogP contribution is -2.15. The molecule has 28 heavy (non-hydrogen) atoms. The fourth-order valence-electron chi connectivity index (χ4n) is 2.54. The van der Waals surface area contributed by atoms with Gasteiger partial charge in [0.05, 0.1) is 21.3 Å². The van der Waals surface area contributed by atoms with Crippen LogP contribution in [0.15, 0.2) is 54.7 Å². The van der Waals surface area contributed by atoms with Crippen LogP contribution in [-0.4, -0.2) is 37.2 Å². The van der Waals surface area contributed by atoms with E-state index < -0.39 is 5.91 Å². The number of methoxy groups -OCH3 is 3. The molecule has 1 heterocycles. The first-order chi connectivity index (χ1) is 13.6. The summed E-state index contributed by atoms with van der Waals surface area (Å²) in [7, 11) is 4.53. The van der Waals surface area contributed by atoms with E-state index in [0.717, 1.165) is 5.69 Å². The second kappa shape index (κ2) is 8.72. The highest BCUT2D eigenvalue weighted by Crippen LogP contribution is 2.40. The van der Waals surface area contributed by atoms with Crippen LogP contribution in [0, 0.1) is 0 Å². The van der Waals surface area contributed by atoms with Crippen molar-refractivity contribution in [1.29, 1.82) is 0 Å². The maximum Gasteiger partial charge on any atom is 0.274 e. The number of hydrogen-bond donors (Lipinski definition) is 2. The molecule has 3 aromatic rings. The van der Waals surface area contributed by atoms with Crippen molar-refractivity contribution in [2.24, 2.45) is 0 Å². The largest absolute Gasteiger partial charge is 0.493 e. The molecule has 0 unspecified atom stereocenters. The Bertz CT molecular complexity index is 938. The standard InChI is InChI=1S/C20H20N4O4/c1-26-16-11-14(12-17(27-2)18(16)28-3)22-19(25)15-9-10-21-20(24-15)23-13-7-5-4-6-8-13/h4-12H,1-3H3,(H,22,25)(H,21,23,24). The van der Waals surface area contributed by atoms with Gasteiger partial charge in [-0.2, -0.15) is 0 Å². The van der Waals surface area contributed by atoms with Crippen LogP contribution in [0.2, 0.25) is 0 Å². The molecule has 0 saturated carbocycles. The predicted octanol–water partition coefficient (Wildman–Crippen LogP) is 3.50. The van der Waals surface area contributed by atoms with Crippen LogP contribution in [0.5, 0.6) is 17.2 Å². The van der Waals surface area contributed by atoms with Gasteiger partial charge in [0.25, 0.3) is 5.91 Å². The van der Waals surface area contributed by atoms with Crippen molar-refractivity contribution in [3.05, 3.63) is 60.4 Å². The van der Waals surface area contributed by atoms with Crippen LogP contribution >= 0.6 is 0 Å². The maximum atomic E-state index is 12.6. The Morgan fingerprint density at radius 3 is 2.18 bits per heavy atom. The molecule has 1 aromatic heterocycles. The van der Waals surface area contributed by atoms with Gasteiger partial charge in [-0.05, 0) is 18.2 Å². The summed E-state index contributed by atoms with van der Waals surface area (Å²) in [5, 5.41) is 5.83. The zero-order chi connectivity index (χ0) is 19.9. The van der Waals surface area contributed by atoms with E-state index in [-0.39, 0.29) is 5.69 Å². The smallest absolute Gasteiger partial charge is 0.274 e. The molecule has 2 aromatic carbocycles. The van der Waals surface area contributed by atoms with Crippen LogP contribution in [-0.2, 0) is 0 Å². The Morgan fingerprint density at radius 2 is 1.57 bits per heavy atom. The first kappa shape index (κ1) is 19.0. The van der Waals surface area contributed by atoms with E-state index in [9.17, 15) is 4.79 Å². The highest BCUT2D eigenvalue weighted by Gasteiger charge is 2.16. The number of benzene rings is 2. The molecule has 0 spiro atoms. The van der Waals surface area contributed by atoms with E-state index >= 15 is 0 Å². The van der Waals surface area contributed by atoms with Gasteiger partial charge in [0.2, 0.25) is 11.7 Å². The highest BCUT2D eigenvalue weighted by molar-refractivity contribution is 6.03. The Kier molecular flexibility index (Phi) is 5.91. The fourth-order valence-corrected chi connectivity index (χ4v) is 2.54. The summed E-state index contributed by atoms with van der Waals surface area (Å²) in [6.07, 6.45) is 1.52. The number of para-hydroxylation sites is 1. The van der Waals surface area contributed by atoms with Gasteiger partial charge in [-0.25, -0.2) is 9.97 Å². The molecule has 0 bridgehead atoms. The summed E-state index contributed by atoms with van der Waals surface area (Å²) < 4.78 is 15.9. The lowest BCUT2D eigenvalue weighted by atomic mass is 10.2. The minimum Gasteiger partial charge on any atom is -0.493 e. The third-order valence-corrected chi connectivity index (χ3v) is 3.84. The van der Waals surface area contributed by atoms with E-state index in [1.807, 2.05) is 30.3 Å². The van der Waals surface area contributed by atoms with Crippen molar-refractivity contribution >= 4 is 23.2 Å². The lowest BCUT2D eigenvalue weighted by molar-refractivity contribution is 0.102. The normalized spacial score (nSPS) is 10.1. The van der Waals surface area contributed by atoms with E-state index in [2.05, 4.69) is 20.6 Å². The predicted molar refractivity (Wildman–Crippen MR) is 106 cm³/mol. The van der Waals surface area contributed by atoms with E-state index in [1.54, 1.807) is 12.1 Å². The zero-order valence-corrected chi connectivity index (χ0v) is 15.7. The number of nitrogens with zero attached hydrogens (tertiary/aromatic N) is 2. The minimum atomic E-state index is -0.396. The van der Waals surface area contributed by atoms with Gasteiger partial charge >= 0.3 is 0 Å². The molecule has 144 valence electrons. The van der Waals surface area contributed by atoms with Crippen molar-refractivity contribution < 1.29 is 19.0 Å². The molecule has 1 amide bonds. The third-order valence-electron chi connectivity index (χ3n) is 3.84. The van der Waals surface area contributed by atoms with Gasteiger partial charge < -0.3 is 24.8 Å². The molecule has 0 atom stereocenters. The van der Waals surface area contributed by atoms with Gasteiger partial charge in [-0.1, -0.05) is 18.2 Å². The number of amides is 1. The fraction of sp³-hybridized carbons (Fsp3) is 0.150. The SMILES string of the molecule is COc1cc(NC(=O)c2ccnc(Nc3ccccc3)n2)cc(OC)c1OC. The maximum absolute atomic E-state index is 12.6. The van der Waals surface area contributed by atoms with Gasteiger partial charge in [-0.15, -0.1) is 0 Å². The molecular formula is C20H20N4O4. The quantitative estimate of drug-likeness (QED) is 0.648. The Hall–Kier alpha value is -3.81. The number of hydrogen-bond acceptors (Lipinski definition) is 7. The average Bonchev–Trinajstić information content (AvgIpc) is 2.73. The number of nitrogens with one attached hydrogen (secondary N) is 2. The molecule has 8 heteroatoms. The summed E-state index contributed by atoms with van der Waals surface area (Å²) in [5.74, 6) is 1.24. The monoisotopic (exact) mass is 380 g/mol. The number of carbonyl (C=O) groups is 1. The molecule has 3 rings (SSSR count). The zero-order valence-electron chi connectivity index (χ0n) is 15.7. The van der Waals surface area contributed by atoms with Gasteiger partial charge in [0.1, 0.15) is 5.69 Å². The van der Waals surface area contributed by atoms with Crippen LogP contribution in [0.4, 0.5) is 17.3 Å². The van der Waals surface area contributed by atoms with Crippen LogP contribution in [0.3, 0.4) is 0 Å². The van der Waals surface area contributed by atoms with Crippen molar-refractivity contribution in [3.63, 3.8) is 0 Å². The first-order valence-electron chi connectivity index (χ1n) is 8.41. The van der Waals surface area contributed by atoms with Gasteiger partial charge in [0.15, 0.2) is 11.5 Å². The Labute approximate surface area is 162 Å². The van der Waals surface area contributed by atoms with E-state index in [1.165, 1.54) is 33.6 Å². The molecule has 0 aliphatic heterocycles. The van der Waals surface area contributed by atoms with Gasteiger partial charge in [-0.3, -0.25) is 4.79 Å². The van der Waals surface area contributed by atoms with Gasteiger partial charge in [0, 0.05) is 29.7 Å².